The molecule has 0 bridgehead atoms. The topological polar surface area (TPSA) is 86.5 Å². The van der Waals surface area contributed by atoms with Crippen LogP contribution in [-0.4, -0.2) is 31.2 Å². The fraction of sp³-hybridized carbons (Fsp3) is 0.650. The summed E-state index contributed by atoms with van der Waals surface area (Å²) in [5.74, 6) is -1.24. The summed E-state index contributed by atoms with van der Waals surface area (Å²) in [5.41, 5.74) is -2.18. The Labute approximate surface area is 168 Å². The Hall–Kier alpha value is -1.83. The fourth-order valence-corrected chi connectivity index (χ4v) is 4.19. The van der Waals surface area contributed by atoms with Crippen LogP contribution in [-0.2, 0) is 25.7 Å². The van der Waals surface area contributed by atoms with Gasteiger partial charge in [0, 0.05) is 44.4 Å². The molecule has 2 atom stereocenters. The van der Waals surface area contributed by atoms with E-state index in [2.05, 4.69) is 0 Å². The maximum Gasteiger partial charge on any atom is 0.307 e. The van der Waals surface area contributed by atoms with Gasteiger partial charge in [0.25, 0.3) is 5.69 Å². The lowest BCUT2D eigenvalue weighted by Gasteiger charge is -2.35. The van der Waals surface area contributed by atoms with Crippen LogP contribution in [0.25, 0.3) is 0 Å². The van der Waals surface area contributed by atoms with Crippen LogP contribution in [0.4, 0.5) is 10.1 Å². The normalized spacial score (nSPS) is 15.6. The molecule has 0 saturated heterocycles. The molecule has 158 valence electrons. The Balaban J connectivity index is 3.53. The summed E-state index contributed by atoms with van der Waals surface area (Å²) in [7, 11) is -1.42. The third kappa shape index (κ3) is 6.36. The number of benzene rings is 1. The Kier molecular flexibility index (Phi) is 7.50. The van der Waals surface area contributed by atoms with E-state index in [0.717, 1.165) is 18.2 Å². The lowest BCUT2D eigenvalue weighted by Crippen LogP contribution is -2.41. The second kappa shape index (κ2) is 8.68. The van der Waals surface area contributed by atoms with Gasteiger partial charge in [0.2, 0.25) is 0 Å². The zero-order valence-electron chi connectivity index (χ0n) is 17.6. The highest BCUT2D eigenvalue weighted by atomic mass is 32.2. The standard InChI is InChI=1S/C20H30FNO5S/c1-8-20(13-28(26)19(5,6)7,12-17(23)27-18(2,3)4)15-11-14(22(24)25)9-10-16(15)21/h9-11H,8,12-13H2,1-7H3/t20-,28+/m1/s1. The molecule has 0 aliphatic rings. The number of nitro benzene ring substituents is 1. The van der Waals surface area contributed by atoms with Gasteiger partial charge in [-0.1, -0.05) is 6.92 Å². The van der Waals surface area contributed by atoms with Crippen LogP contribution in [0.5, 0.6) is 0 Å². The number of rotatable bonds is 7. The van der Waals surface area contributed by atoms with Crippen LogP contribution in [0.3, 0.4) is 0 Å². The summed E-state index contributed by atoms with van der Waals surface area (Å²) in [6, 6.07) is 3.24. The number of nitro groups is 1. The minimum absolute atomic E-state index is 0.00959. The molecule has 6 nitrogen and oxygen atoms in total. The van der Waals surface area contributed by atoms with Gasteiger partial charge in [0.15, 0.2) is 0 Å². The van der Waals surface area contributed by atoms with E-state index >= 15 is 0 Å². The molecule has 0 radical (unpaired) electrons. The minimum Gasteiger partial charge on any atom is -0.460 e. The van der Waals surface area contributed by atoms with Crippen molar-refractivity contribution < 1.29 is 23.1 Å². The van der Waals surface area contributed by atoms with Crippen LogP contribution in [0.1, 0.15) is 66.9 Å². The molecule has 0 N–H and O–H groups in total. The molecular formula is C20H30FNO5S. The van der Waals surface area contributed by atoms with Crippen molar-refractivity contribution in [1.82, 2.24) is 0 Å². The number of hydrogen-bond acceptors (Lipinski definition) is 5. The van der Waals surface area contributed by atoms with E-state index in [1.807, 2.05) is 0 Å². The molecule has 0 unspecified atom stereocenters. The molecule has 0 fully saturated rings. The maximum absolute atomic E-state index is 14.8. The molecule has 0 amide bonds. The van der Waals surface area contributed by atoms with Gasteiger partial charge in [0.1, 0.15) is 11.4 Å². The van der Waals surface area contributed by atoms with Crippen molar-refractivity contribution in [2.24, 2.45) is 0 Å². The number of nitrogens with zero attached hydrogens (tertiary/aromatic N) is 1. The van der Waals surface area contributed by atoms with Crippen LogP contribution < -0.4 is 0 Å². The van der Waals surface area contributed by atoms with Gasteiger partial charge in [-0.2, -0.15) is 0 Å². The first kappa shape index (κ1) is 24.2. The van der Waals surface area contributed by atoms with E-state index in [4.69, 9.17) is 4.74 Å². The van der Waals surface area contributed by atoms with Crippen molar-refractivity contribution in [3.63, 3.8) is 0 Å². The Bertz CT molecular complexity index is 767. The zero-order valence-corrected chi connectivity index (χ0v) is 18.4. The van der Waals surface area contributed by atoms with Crippen molar-refractivity contribution in [3.05, 3.63) is 39.7 Å². The number of ether oxygens (including phenoxy) is 1. The van der Waals surface area contributed by atoms with Gasteiger partial charge < -0.3 is 4.74 Å². The SMILES string of the molecule is CC[C@@](CC(=O)OC(C)(C)C)(C[S@](=O)C(C)(C)C)c1cc([N+](=O)[O-])ccc1F. The Morgan fingerprint density at radius 1 is 1.21 bits per heavy atom. The van der Waals surface area contributed by atoms with E-state index in [1.165, 1.54) is 0 Å². The molecule has 0 spiro atoms. The molecule has 0 heterocycles. The molecule has 1 aromatic carbocycles. The van der Waals surface area contributed by atoms with Crippen LogP contribution in [0, 0.1) is 15.9 Å². The minimum atomic E-state index is -1.42. The Morgan fingerprint density at radius 3 is 2.21 bits per heavy atom. The molecular weight excluding hydrogens is 385 g/mol. The molecule has 0 aliphatic carbocycles. The highest BCUT2D eigenvalue weighted by Gasteiger charge is 2.41. The van der Waals surface area contributed by atoms with Crippen molar-refractivity contribution in [2.75, 3.05) is 5.75 Å². The van der Waals surface area contributed by atoms with Gasteiger partial charge >= 0.3 is 5.97 Å². The summed E-state index contributed by atoms with van der Waals surface area (Å²) >= 11 is 0. The van der Waals surface area contributed by atoms with Crippen LogP contribution >= 0.6 is 0 Å². The number of esters is 1. The second-order valence-electron chi connectivity index (χ2n) is 8.92. The first-order valence-corrected chi connectivity index (χ1v) is 10.5. The number of hydrogen-bond donors (Lipinski definition) is 0. The molecule has 0 saturated carbocycles. The van der Waals surface area contributed by atoms with Gasteiger partial charge in [-0.15, -0.1) is 0 Å². The van der Waals surface area contributed by atoms with Crippen LogP contribution in [0.2, 0.25) is 0 Å². The van der Waals surface area contributed by atoms with E-state index in [0.29, 0.717) is 0 Å². The van der Waals surface area contributed by atoms with E-state index in [9.17, 15) is 23.5 Å². The van der Waals surface area contributed by atoms with Gasteiger partial charge in [-0.3, -0.25) is 19.1 Å². The van der Waals surface area contributed by atoms with Crippen molar-refractivity contribution in [2.45, 2.75) is 77.1 Å². The fourth-order valence-electron chi connectivity index (χ4n) is 2.80. The largest absolute Gasteiger partial charge is 0.460 e. The average Bonchev–Trinajstić information content (AvgIpc) is 2.51. The molecule has 8 heteroatoms. The number of carbonyl (C=O) groups excluding carboxylic acids is 1. The quantitative estimate of drug-likeness (QED) is 0.367. The third-order valence-electron chi connectivity index (χ3n) is 4.40. The molecule has 28 heavy (non-hydrogen) atoms. The zero-order chi connectivity index (χ0) is 21.9. The van der Waals surface area contributed by atoms with Crippen molar-refractivity contribution in [3.8, 4) is 0 Å². The van der Waals surface area contributed by atoms with Crippen LogP contribution in [0.15, 0.2) is 18.2 Å². The second-order valence-corrected chi connectivity index (χ2v) is 11.1. The first-order chi connectivity index (χ1) is 12.6. The average molecular weight is 416 g/mol. The number of carbonyl (C=O) groups is 1. The predicted octanol–water partition coefficient (Wildman–Crippen LogP) is 4.66. The van der Waals surface area contributed by atoms with E-state index in [-0.39, 0.29) is 29.8 Å². The summed E-state index contributed by atoms with van der Waals surface area (Å²) in [4.78, 5) is 23.2. The predicted molar refractivity (Wildman–Crippen MR) is 108 cm³/mol. The van der Waals surface area contributed by atoms with Gasteiger partial charge in [-0.05, 0) is 54.0 Å². The van der Waals surface area contributed by atoms with Crippen molar-refractivity contribution >= 4 is 22.5 Å². The van der Waals surface area contributed by atoms with Crippen molar-refractivity contribution in [1.29, 1.82) is 0 Å². The molecule has 1 rings (SSSR count). The molecule has 0 aliphatic heterocycles. The number of halogens is 1. The summed E-state index contributed by atoms with van der Waals surface area (Å²) < 4.78 is 32.5. The summed E-state index contributed by atoms with van der Waals surface area (Å²) in [5, 5.41) is 11.2. The molecule has 0 aromatic heterocycles. The lowest BCUT2D eigenvalue weighted by molar-refractivity contribution is -0.385. The summed E-state index contributed by atoms with van der Waals surface area (Å²) in [6.07, 6.45) is 0.0484. The maximum atomic E-state index is 14.8. The smallest absolute Gasteiger partial charge is 0.307 e. The number of non-ortho nitro benzene ring substituents is 1. The van der Waals surface area contributed by atoms with E-state index in [1.54, 1.807) is 48.5 Å². The Morgan fingerprint density at radius 2 is 1.79 bits per heavy atom. The summed E-state index contributed by atoms with van der Waals surface area (Å²) in [6.45, 7) is 12.3. The third-order valence-corrected chi connectivity index (χ3v) is 6.58. The highest BCUT2D eigenvalue weighted by Crippen LogP contribution is 2.38. The van der Waals surface area contributed by atoms with Gasteiger partial charge in [0.05, 0.1) is 11.3 Å². The molecule has 1 aromatic rings. The monoisotopic (exact) mass is 415 g/mol. The lowest BCUT2D eigenvalue weighted by atomic mass is 9.76. The van der Waals surface area contributed by atoms with Gasteiger partial charge in [-0.25, -0.2) is 4.39 Å². The van der Waals surface area contributed by atoms with E-state index < -0.39 is 43.3 Å². The first-order valence-electron chi connectivity index (χ1n) is 9.16. The highest BCUT2D eigenvalue weighted by molar-refractivity contribution is 7.86.